The van der Waals surface area contributed by atoms with Gasteiger partial charge in [-0.2, -0.15) is 5.26 Å². The summed E-state index contributed by atoms with van der Waals surface area (Å²) in [7, 11) is 3.38. The van der Waals surface area contributed by atoms with Crippen molar-refractivity contribution < 1.29 is 14.3 Å². The Bertz CT molecular complexity index is 1000. The Balaban J connectivity index is 1.65. The van der Waals surface area contributed by atoms with Crippen LogP contribution in [0.5, 0.6) is 0 Å². The zero-order chi connectivity index (χ0) is 22.2. The Kier molecular flexibility index (Phi) is 7.25. The molecule has 3 rings (SSSR count). The highest BCUT2D eigenvalue weighted by molar-refractivity contribution is 6.09. The van der Waals surface area contributed by atoms with Crippen LogP contribution in [0.1, 0.15) is 10.4 Å². The molecule has 8 nitrogen and oxygen atoms in total. The zero-order valence-electron chi connectivity index (χ0n) is 17.6. The van der Waals surface area contributed by atoms with E-state index in [0.717, 1.165) is 37.6 Å². The van der Waals surface area contributed by atoms with Gasteiger partial charge in [0.25, 0.3) is 5.91 Å². The summed E-state index contributed by atoms with van der Waals surface area (Å²) < 4.78 is 4.72. The SMILES string of the molecule is COC(=O)c1ccccc1NC(=O)/C(C#N)=C\Nc1ccc(N2CCN(C)CC2)cc1. The monoisotopic (exact) mass is 419 g/mol. The molecule has 2 aromatic carbocycles. The lowest BCUT2D eigenvalue weighted by molar-refractivity contribution is -0.112. The van der Waals surface area contributed by atoms with Crippen LogP contribution in [0, 0.1) is 11.3 Å². The van der Waals surface area contributed by atoms with E-state index in [1.54, 1.807) is 18.2 Å². The predicted molar refractivity (Wildman–Crippen MR) is 120 cm³/mol. The van der Waals surface area contributed by atoms with Crippen molar-refractivity contribution in [3.8, 4) is 6.07 Å². The average Bonchev–Trinajstić information content (AvgIpc) is 2.80. The lowest BCUT2D eigenvalue weighted by atomic mass is 10.1. The molecule has 0 unspecified atom stereocenters. The van der Waals surface area contributed by atoms with Crippen molar-refractivity contribution in [2.75, 3.05) is 55.9 Å². The van der Waals surface area contributed by atoms with Crippen molar-refractivity contribution in [1.82, 2.24) is 4.90 Å². The normalized spacial score (nSPS) is 14.5. The van der Waals surface area contributed by atoms with Gasteiger partial charge in [0.05, 0.1) is 18.4 Å². The first-order valence-electron chi connectivity index (χ1n) is 9.91. The summed E-state index contributed by atoms with van der Waals surface area (Å²) in [4.78, 5) is 29.0. The summed E-state index contributed by atoms with van der Waals surface area (Å²) in [5.41, 5.74) is 2.26. The number of hydrogen-bond donors (Lipinski definition) is 2. The number of nitrogens with one attached hydrogen (secondary N) is 2. The molecule has 1 amide bonds. The number of anilines is 3. The van der Waals surface area contributed by atoms with E-state index in [2.05, 4.69) is 27.5 Å². The van der Waals surface area contributed by atoms with Crippen molar-refractivity contribution in [3.63, 3.8) is 0 Å². The van der Waals surface area contributed by atoms with Gasteiger partial charge in [-0.3, -0.25) is 4.79 Å². The number of benzene rings is 2. The Labute approximate surface area is 181 Å². The van der Waals surface area contributed by atoms with Crippen LogP contribution in [-0.4, -0.2) is 57.1 Å². The van der Waals surface area contributed by atoms with E-state index in [-0.39, 0.29) is 16.8 Å². The number of esters is 1. The number of rotatable bonds is 6. The molecule has 0 radical (unpaired) electrons. The maximum Gasteiger partial charge on any atom is 0.339 e. The van der Waals surface area contributed by atoms with Crippen LogP contribution < -0.4 is 15.5 Å². The molecule has 1 aliphatic heterocycles. The van der Waals surface area contributed by atoms with E-state index in [0.29, 0.717) is 0 Å². The van der Waals surface area contributed by atoms with E-state index in [1.807, 2.05) is 30.3 Å². The quantitative estimate of drug-likeness (QED) is 0.422. The van der Waals surface area contributed by atoms with Gasteiger partial charge in [-0.25, -0.2) is 4.79 Å². The minimum Gasteiger partial charge on any atom is -0.465 e. The van der Waals surface area contributed by atoms with Gasteiger partial charge in [-0.15, -0.1) is 0 Å². The summed E-state index contributed by atoms with van der Waals surface area (Å²) in [6.07, 6.45) is 1.35. The van der Waals surface area contributed by atoms with Crippen molar-refractivity contribution in [2.24, 2.45) is 0 Å². The maximum atomic E-state index is 12.5. The molecular weight excluding hydrogens is 394 g/mol. The summed E-state index contributed by atoms with van der Waals surface area (Å²) in [5, 5.41) is 15.0. The van der Waals surface area contributed by atoms with Gasteiger partial charge < -0.3 is 25.2 Å². The number of carbonyl (C=O) groups is 2. The number of likely N-dealkylation sites (N-methyl/N-ethyl adjacent to an activating group) is 1. The van der Waals surface area contributed by atoms with Crippen molar-refractivity contribution in [1.29, 1.82) is 5.26 Å². The van der Waals surface area contributed by atoms with Crippen LogP contribution in [-0.2, 0) is 9.53 Å². The second-order valence-electron chi connectivity index (χ2n) is 7.14. The molecule has 1 aliphatic rings. The molecule has 1 saturated heterocycles. The fourth-order valence-electron chi connectivity index (χ4n) is 3.21. The van der Waals surface area contributed by atoms with Crippen LogP contribution in [0.2, 0.25) is 0 Å². The third-order valence-corrected chi connectivity index (χ3v) is 5.06. The fraction of sp³-hybridized carbons (Fsp3) is 0.261. The number of para-hydroxylation sites is 1. The maximum absolute atomic E-state index is 12.5. The number of piperazine rings is 1. The molecule has 2 aromatic rings. The average molecular weight is 419 g/mol. The zero-order valence-corrected chi connectivity index (χ0v) is 17.6. The fourth-order valence-corrected chi connectivity index (χ4v) is 3.21. The van der Waals surface area contributed by atoms with E-state index >= 15 is 0 Å². The van der Waals surface area contributed by atoms with Crippen LogP contribution >= 0.6 is 0 Å². The third-order valence-electron chi connectivity index (χ3n) is 5.06. The van der Waals surface area contributed by atoms with E-state index in [4.69, 9.17) is 4.74 Å². The van der Waals surface area contributed by atoms with Crippen LogP contribution in [0.15, 0.2) is 60.3 Å². The molecule has 1 fully saturated rings. The van der Waals surface area contributed by atoms with Crippen molar-refractivity contribution in [3.05, 3.63) is 65.9 Å². The Morgan fingerprint density at radius 3 is 2.39 bits per heavy atom. The number of carbonyl (C=O) groups excluding carboxylic acids is 2. The van der Waals surface area contributed by atoms with Gasteiger partial charge in [0.1, 0.15) is 11.6 Å². The molecule has 0 atom stereocenters. The highest BCUT2D eigenvalue weighted by Gasteiger charge is 2.16. The first-order chi connectivity index (χ1) is 15.0. The van der Waals surface area contributed by atoms with E-state index in [1.165, 1.54) is 19.4 Å². The first kappa shape index (κ1) is 21.9. The number of ether oxygens (including phenoxy) is 1. The summed E-state index contributed by atoms with van der Waals surface area (Å²) in [5.74, 6) is -1.20. The highest BCUT2D eigenvalue weighted by Crippen LogP contribution is 2.20. The Morgan fingerprint density at radius 2 is 1.74 bits per heavy atom. The topological polar surface area (TPSA) is 97.7 Å². The van der Waals surface area contributed by atoms with Gasteiger partial charge in [0.15, 0.2) is 0 Å². The molecule has 0 saturated carbocycles. The second kappa shape index (κ2) is 10.3. The van der Waals surface area contributed by atoms with E-state index in [9.17, 15) is 14.9 Å². The Hall–Kier alpha value is -3.83. The molecule has 2 N–H and O–H groups in total. The van der Waals surface area contributed by atoms with E-state index < -0.39 is 11.9 Å². The van der Waals surface area contributed by atoms with Crippen molar-refractivity contribution in [2.45, 2.75) is 0 Å². The molecular formula is C23H25N5O3. The predicted octanol–water partition coefficient (Wildman–Crippen LogP) is 2.68. The standard InChI is InChI=1S/C23H25N5O3/c1-27-11-13-28(14-12-27)19-9-7-18(8-10-19)25-16-17(15-24)22(29)26-21-6-4-3-5-20(21)23(30)31-2/h3-10,16,25H,11-14H2,1-2H3,(H,26,29)/b17-16-. The van der Waals surface area contributed by atoms with Crippen LogP contribution in [0.25, 0.3) is 0 Å². The molecule has 0 spiro atoms. The van der Waals surface area contributed by atoms with Gasteiger partial charge in [-0.1, -0.05) is 12.1 Å². The number of nitriles is 1. The number of hydrogen-bond acceptors (Lipinski definition) is 7. The molecule has 8 heteroatoms. The molecule has 0 bridgehead atoms. The lowest BCUT2D eigenvalue weighted by Gasteiger charge is -2.34. The van der Waals surface area contributed by atoms with Crippen molar-refractivity contribution >= 4 is 28.9 Å². The minimum atomic E-state index is -0.625. The van der Waals surface area contributed by atoms with Gasteiger partial charge >= 0.3 is 5.97 Å². The van der Waals surface area contributed by atoms with Gasteiger partial charge in [-0.05, 0) is 43.4 Å². The molecule has 0 aromatic heterocycles. The summed E-state index contributed by atoms with van der Waals surface area (Å²) in [6.45, 7) is 4.02. The molecule has 31 heavy (non-hydrogen) atoms. The molecule has 1 heterocycles. The Morgan fingerprint density at radius 1 is 1.06 bits per heavy atom. The van der Waals surface area contributed by atoms with Crippen LogP contribution in [0.3, 0.4) is 0 Å². The second-order valence-corrected chi connectivity index (χ2v) is 7.14. The smallest absolute Gasteiger partial charge is 0.339 e. The summed E-state index contributed by atoms with van der Waals surface area (Å²) in [6, 6.07) is 16.2. The highest BCUT2D eigenvalue weighted by atomic mass is 16.5. The molecule has 160 valence electrons. The first-order valence-corrected chi connectivity index (χ1v) is 9.91. The van der Waals surface area contributed by atoms with Gasteiger partial charge in [0.2, 0.25) is 0 Å². The number of methoxy groups -OCH3 is 1. The number of nitrogens with zero attached hydrogens (tertiary/aromatic N) is 3. The lowest BCUT2D eigenvalue weighted by Crippen LogP contribution is -2.44. The largest absolute Gasteiger partial charge is 0.465 e. The molecule has 0 aliphatic carbocycles. The van der Waals surface area contributed by atoms with Crippen LogP contribution in [0.4, 0.5) is 17.1 Å². The third kappa shape index (κ3) is 5.62. The summed E-state index contributed by atoms with van der Waals surface area (Å²) >= 11 is 0. The van der Waals surface area contributed by atoms with Gasteiger partial charge in [0, 0.05) is 43.8 Å². The number of amides is 1. The minimum absolute atomic E-state index is 0.122.